The molecule has 5 heteroatoms. The molecule has 0 saturated heterocycles. The largest absolute Gasteiger partial charge is 0.364 e. The van der Waals surface area contributed by atoms with Crippen LogP contribution in [0.25, 0.3) is 11.1 Å². The summed E-state index contributed by atoms with van der Waals surface area (Å²) >= 11 is 0. The van der Waals surface area contributed by atoms with Gasteiger partial charge in [0.1, 0.15) is 11.5 Å². The smallest absolute Gasteiger partial charge is 0.267 e. The Morgan fingerprint density at radius 1 is 1.05 bits per heavy atom. The SMILES string of the molecule is NC(=O)c1ccnc(Cc2ccccc2-c2cccnc2)n1. The molecule has 2 N–H and O–H groups in total. The van der Waals surface area contributed by atoms with E-state index in [1.165, 1.54) is 6.07 Å². The van der Waals surface area contributed by atoms with Crippen LogP contribution in [0.5, 0.6) is 0 Å². The Bertz CT molecular complexity index is 803. The number of benzene rings is 1. The fourth-order valence-electron chi connectivity index (χ4n) is 2.27. The van der Waals surface area contributed by atoms with Gasteiger partial charge in [-0.05, 0) is 23.3 Å². The highest BCUT2D eigenvalue weighted by atomic mass is 16.1. The third-order valence-electron chi connectivity index (χ3n) is 3.30. The van der Waals surface area contributed by atoms with Gasteiger partial charge >= 0.3 is 0 Å². The monoisotopic (exact) mass is 290 g/mol. The molecule has 0 aliphatic rings. The number of nitrogens with two attached hydrogens (primary N) is 1. The second-order valence-electron chi connectivity index (χ2n) is 4.80. The molecule has 1 amide bonds. The van der Waals surface area contributed by atoms with E-state index in [0.29, 0.717) is 12.2 Å². The molecule has 0 atom stereocenters. The fraction of sp³-hybridized carbons (Fsp3) is 0.0588. The number of pyridine rings is 1. The van der Waals surface area contributed by atoms with Crippen LogP contribution >= 0.6 is 0 Å². The molecule has 3 aromatic rings. The summed E-state index contributed by atoms with van der Waals surface area (Å²) in [5.74, 6) is 0.0110. The van der Waals surface area contributed by atoms with Crippen LogP contribution in [0.4, 0.5) is 0 Å². The van der Waals surface area contributed by atoms with Crippen molar-refractivity contribution in [1.29, 1.82) is 0 Å². The molecule has 0 aliphatic carbocycles. The van der Waals surface area contributed by atoms with Crippen molar-refractivity contribution < 1.29 is 4.79 Å². The summed E-state index contributed by atoms with van der Waals surface area (Å²) in [6, 6.07) is 13.4. The van der Waals surface area contributed by atoms with Crippen LogP contribution in [0.3, 0.4) is 0 Å². The van der Waals surface area contributed by atoms with E-state index in [0.717, 1.165) is 16.7 Å². The maximum Gasteiger partial charge on any atom is 0.267 e. The van der Waals surface area contributed by atoms with Crippen molar-refractivity contribution in [3.8, 4) is 11.1 Å². The van der Waals surface area contributed by atoms with Gasteiger partial charge in [-0.1, -0.05) is 30.3 Å². The standard InChI is InChI=1S/C17H14N4O/c18-17(22)15-7-9-20-16(21-15)10-12-4-1-2-6-14(12)13-5-3-8-19-11-13/h1-9,11H,10H2,(H2,18,22). The zero-order valence-electron chi connectivity index (χ0n) is 11.8. The Labute approximate surface area is 127 Å². The number of rotatable bonds is 4. The van der Waals surface area contributed by atoms with E-state index >= 15 is 0 Å². The Kier molecular flexibility index (Phi) is 3.87. The van der Waals surface area contributed by atoms with Gasteiger partial charge in [0, 0.05) is 30.6 Å². The molecule has 3 rings (SSSR count). The lowest BCUT2D eigenvalue weighted by Gasteiger charge is -2.09. The van der Waals surface area contributed by atoms with Crippen molar-refractivity contribution in [1.82, 2.24) is 15.0 Å². The van der Waals surface area contributed by atoms with Crippen LogP contribution in [0.2, 0.25) is 0 Å². The topological polar surface area (TPSA) is 81.8 Å². The van der Waals surface area contributed by atoms with Crippen LogP contribution in [-0.4, -0.2) is 20.9 Å². The van der Waals surface area contributed by atoms with Crippen LogP contribution in [0, 0.1) is 0 Å². The van der Waals surface area contributed by atoms with Gasteiger partial charge in [0.05, 0.1) is 0 Å². The Morgan fingerprint density at radius 2 is 1.91 bits per heavy atom. The first-order chi connectivity index (χ1) is 10.7. The number of carbonyl (C=O) groups excluding carboxylic acids is 1. The molecule has 2 aromatic heterocycles. The molecular weight excluding hydrogens is 276 g/mol. The summed E-state index contributed by atoms with van der Waals surface area (Å²) in [4.78, 5) is 23.8. The van der Waals surface area contributed by atoms with Crippen LogP contribution in [0.1, 0.15) is 21.9 Å². The van der Waals surface area contributed by atoms with E-state index in [1.54, 1.807) is 12.4 Å². The van der Waals surface area contributed by atoms with E-state index in [4.69, 9.17) is 5.73 Å². The molecule has 2 heterocycles. The number of carbonyl (C=O) groups is 1. The van der Waals surface area contributed by atoms with E-state index in [2.05, 4.69) is 15.0 Å². The highest BCUT2D eigenvalue weighted by Gasteiger charge is 2.09. The van der Waals surface area contributed by atoms with E-state index < -0.39 is 5.91 Å². The molecule has 0 aliphatic heterocycles. The van der Waals surface area contributed by atoms with Gasteiger partial charge in [0.15, 0.2) is 0 Å². The number of amides is 1. The molecule has 0 spiro atoms. The first-order valence-corrected chi connectivity index (χ1v) is 6.84. The summed E-state index contributed by atoms with van der Waals surface area (Å²) in [5, 5.41) is 0. The summed E-state index contributed by atoms with van der Waals surface area (Å²) in [6.45, 7) is 0. The molecule has 0 saturated carbocycles. The number of nitrogens with zero attached hydrogens (tertiary/aromatic N) is 3. The van der Waals surface area contributed by atoms with Crippen LogP contribution in [-0.2, 0) is 6.42 Å². The highest BCUT2D eigenvalue weighted by Crippen LogP contribution is 2.24. The zero-order valence-corrected chi connectivity index (χ0v) is 11.8. The molecule has 0 fully saturated rings. The predicted octanol–water partition coefficient (Wildman–Crippen LogP) is 2.23. The van der Waals surface area contributed by atoms with Crippen LogP contribution < -0.4 is 5.73 Å². The van der Waals surface area contributed by atoms with Gasteiger partial charge in [-0.15, -0.1) is 0 Å². The lowest BCUT2D eigenvalue weighted by molar-refractivity contribution is 0.0995. The Balaban J connectivity index is 1.97. The Morgan fingerprint density at radius 3 is 2.68 bits per heavy atom. The minimum atomic E-state index is -0.552. The quantitative estimate of drug-likeness (QED) is 0.798. The minimum absolute atomic E-state index is 0.226. The molecule has 0 radical (unpaired) electrons. The summed E-state index contributed by atoms with van der Waals surface area (Å²) in [7, 11) is 0. The second-order valence-corrected chi connectivity index (χ2v) is 4.80. The van der Waals surface area contributed by atoms with Gasteiger partial charge < -0.3 is 5.73 Å². The lowest BCUT2D eigenvalue weighted by Crippen LogP contribution is -2.14. The normalized spacial score (nSPS) is 10.4. The number of aromatic nitrogens is 3. The lowest BCUT2D eigenvalue weighted by atomic mass is 9.99. The summed E-state index contributed by atoms with van der Waals surface area (Å²) in [6.07, 6.45) is 5.63. The Hall–Kier alpha value is -3.08. The van der Waals surface area contributed by atoms with Crippen molar-refractivity contribution in [3.05, 3.63) is 78.1 Å². The van der Waals surface area contributed by atoms with E-state index in [-0.39, 0.29) is 5.69 Å². The third kappa shape index (κ3) is 2.98. The average Bonchev–Trinajstić information content (AvgIpc) is 2.56. The molecule has 1 aromatic carbocycles. The summed E-state index contributed by atoms with van der Waals surface area (Å²) in [5.41, 5.74) is 8.66. The van der Waals surface area contributed by atoms with Crippen molar-refractivity contribution in [3.63, 3.8) is 0 Å². The van der Waals surface area contributed by atoms with E-state index in [1.807, 2.05) is 42.6 Å². The molecule has 22 heavy (non-hydrogen) atoms. The van der Waals surface area contributed by atoms with Gasteiger partial charge in [-0.3, -0.25) is 9.78 Å². The van der Waals surface area contributed by atoms with Gasteiger partial charge in [-0.2, -0.15) is 0 Å². The van der Waals surface area contributed by atoms with Crippen molar-refractivity contribution in [2.24, 2.45) is 5.73 Å². The van der Waals surface area contributed by atoms with Crippen molar-refractivity contribution in [2.75, 3.05) is 0 Å². The molecule has 0 bridgehead atoms. The zero-order chi connectivity index (χ0) is 15.4. The molecule has 5 nitrogen and oxygen atoms in total. The maximum absolute atomic E-state index is 11.2. The first-order valence-electron chi connectivity index (χ1n) is 6.84. The first kappa shape index (κ1) is 13.9. The minimum Gasteiger partial charge on any atom is -0.364 e. The molecular formula is C17H14N4O. The predicted molar refractivity (Wildman–Crippen MR) is 83.0 cm³/mol. The van der Waals surface area contributed by atoms with Gasteiger partial charge in [0.25, 0.3) is 5.91 Å². The van der Waals surface area contributed by atoms with Gasteiger partial charge in [-0.25, -0.2) is 9.97 Å². The number of hydrogen-bond donors (Lipinski definition) is 1. The van der Waals surface area contributed by atoms with Crippen LogP contribution in [0.15, 0.2) is 61.1 Å². The second kappa shape index (κ2) is 6.13. The molecule has 0 unspecified atom stereocenters. The highest BCUT2D eigenvalue weighted by molar-refractivity contribution is 5.90. The van der Waals surface area contributed by atoms with Crippen molar-refractivity contribution in [2.45, 2.75) is 6.42 Å². The number of primary amides is 1. The van der Waals surface area contributed by atoms with Crippen molar-refractivity contribution >= 4 is 5.91 Å². The third-order valence-corrected chi connectivity index (χ3v) is 3.30. The number of hydrogen-bond acceptors (Lipinski definition) is 4. The average molecular weight is 290 g/mol. The summed E-state index contributed by atoms with van der Waals surface area (Å²) < 4.78 is 0. The van der Waals surface area contributed by atoms with Gasteiger partial charge in [0.2, 0.25) is 0 Å². The maximum atomic E-state index is 11.2. The molecule has 108 valence electrons. The fourth-order valence-corrected chi connectivity index (χ4v) is 2.27. The van der Waals surface area contributed by atoms with E-state index in [9.17, 15) is 4.79 Å².